The Labute approximate surface area is 103 Å². The van der Waals surface area contributed by atoms with Crippen LogP contribution in [-0.4, -0.2) is 18.2 Å². The van der Waals surface area contributed by atoms with E-state index in [-0.39, 0.29) is 17.7 Å². The van der Waals surface area contributed by atoms with E-state index in [1.165, 1.54) is 19.2 Å². The molecule has 0 bridgehead atoms. The molecule has 0 unspecified atom stereocenters. The second-order valence-corrected chi connectivity index (χ2v) is 4.61. The predicted molar refractivity (Wildman–Crippen MR) is 61.1 cm³/mol. The minimum absolute atomic E-state index is 0.0119. The molecular formula is C13H14F2O3. The SMILES string of the molecule is COc1ccc(C2(CC(=O)O)CC2)cc1C(F)F. The van der Waals surface area contributed by atoms with Gasteiger partial charge in [-0.1, -0.05) is 6.07 Å². The quantitative estimate of drug-likeness (QED) is 0.880. The van der Waals surface area contributed by atoms with Crippen LogP contribution in [0.4, 0.5) is 8.78 Å². The van der Waals surface area contributed by atoms with Gasteiger partial charge in [0.05, 0.1) is 19.1 Å². The number of carboxylic acid groups (broad SMARTS) is 1. The molecule has 2 rings (SSSR count). The van der Waals surface area contributed by atoms with Gasteiger partial charge in [0.1, 0.15) is 5.75 Å². The zero-order valence-electron chi connectivity index (χ0n) is 9.95. The third-order valence-electron chi connectivity index (χ3n) is 3.42. The van der Waals surface area contributed by atoms with E-state index in [0.29, 0.717) is 5.56 Å². The number of carboxylic acids is 1. The molecule has 0 atom stereocenters. The number of alkyl halides is 2. The highest BCUT2D eigenvalue weighted by Gasteiger charge is 2.46. The first kappa shape index (κ1) is 12.8. The Hall–Kier alpha value is -1.65. The number of halogens is 2. The van der Waals surface area contributed by atoms with Crippen molar-refractivity contribution in [3.8, 4) is 5.75 Å². The van der Waals surface area contributed by atoms with Gasteiger partial charge in [-0.2, -0.15) is 0 Å². The van der Waals surface area contributed by atoms with Gasteiger partial charge in [-0.15, -0.1) is 0 Å². The average Bonchev–Trinajstić information content (AvgIpc) is 3.08. The molecule has 5 heteroatoms. The lowest BCUT2D eigenvalue weighted by Gasteiger charge is -2.16. The normalized spacial score (nSPS) is 16.7. The lowest BCUT2D eigenvalue weighted by Crippen LogP contribution is -2.13. The van der Waals surface area contributed by atoms with E-state index in [1.54, 1.807) is 6.07 Å². The van der Waals surface area contributed by atoms with Crippen molar-refractivity contribution in [2.75, 3.05) is 7.11 Å². The molecule has 0 spiro atoms. The molecule has 1 fully saturated rings. The maximum absolute atomic E-state index is 12.9. The smallest absolute Gasteiger partial charge is 0.304 e. The van der Waals surface area contributed by atoms with Crippen LogP contribution in [0.5, 0.6) is 5.75 Å². The van der Waals surface area contributed by atoms with Crippen LogP contribution in [0.2, 0.25) is 0 Å². The Bertz CT molecular complexity index is 467. The summed E-state index contributed by atoms with van der Waals surface area (Å²) in [5.41, 5.74) is 0.0366. The second kappa shape index (κ2) is 4.55. The number of benzene rings is 1. The lowest BCUT2D eigenvalue weighted by atomic mass is 9.91. The van der Waals surface area contributed by atoms with E-state index >= 15 is 0 Å². The minimum atomic E-state index is -2.62. The summed E-state index contributed by atoms with van der Waals surface area (Å²) < 4.78 is 30.6. The van der Waals surface area contributed by atoms with E-state index in [0.717, 1.165) is 12.8 Å². The Kier molecular flexibility index (Phi) is 3.24. The minimum Gasteiger partial charge on any atom is -0.496 e. The third kappa shape index (κ3) is 2.30. The molecule has 1 aliphatic carbocycles. The average molecular weight is 256 g/mol. The highest BCUT2D eigenvalue weighted by molar-refractivity contribution is 5.70. The fourth-order valence-electron chi connectivity index (χ4n) is 2.24. The number of hydrogen-bond donors (Lipinski definition) is 1. The van der Waals surface area contributed by atoms with Gasteiger partial charge in [0.25, 0.3) is 6.43 Å². The van der Waals surface area contributed by atoms with Crippen LogP contribution in [0.15, 0.2) is 18.2 Å². The standard InChI is InChI=1S/C13H14F2O3/c1-18-10-3-2-8(6-9(10)12(14)15)13(4-5-13)7-11(16)17/h2-3,6,12H,4-5,7H2,1H3,(H,16,17). The van der Waals surface area contributed by atoms with Gasteiger partial charge in [-0.05, 0) is 30.5 Å². The fraction of sp³-hybridized carbons (Fsp3) is 0.462. The molecule has 1 saturated carbocycles. The fourth-order valence-corrected chi connectivity index (χ4v) is 2.24. The summed E-state index contributed by atoms with van der Waals surface area (Å²) >= 11 is 0. The highest BCUT2D eigenvalue weighted by Crippen LogP contribution is 2.52. The molecule has 0 aliphatic heterocycles. The maximum Gasteiger partial charge on any atom is 0.304 e. The van der Waals surface area contributed by atoms with Crippen LogP contribution in [0.3, 0.4) is 0 Å². The van der Waals surface area contributed by atoms with E-state index in [1.807, 2.05) is 0 Å². The van der Waals surface area contributed by atoms with Crippen molar-refractivity contribution < 1.29 is 23.4 Å². The molecular weight excluding hydrogens is 242 g/mol. The van der Waals surface area contributed by atoms with Crippen molar-refractivity contribution >= 4 is 5.97 Å². The molecule has 98 valence electrons. The molecule has 1 aliphatic rings. The van der Waals surface area contributed by atoms with Crippen molar-refractivity contribution in [2.45, 2.75) is 31.1 Å². The number of ether oxygens (including phenoxy) is 1. The molecule has 0 radical (unpaired) electrons. The Balaban J connectivity index is 2.35. The van der Waals surface area contributed by atoms with E-state index < -0.39 is 17.8 Å². The van der Waals surface area contributed by atoms with Crippen molar-refractivity contribution in [1.29, 1.82) is 0 Å². The van der Waals surface area contributed by atoms with Crippen LogP contribution < -0.4 is 4.74 Å². The first-order valence-corrected chi connectivity index (χ1v) is 5.67. The molecule has 1 N–H and O–H groups in total. The summed E-state index contributed by atoms with van der Waals surface area (Å²) in [6.07, 6.45) is -1.18. The van der Waals surface area contributed by atoms with E-state index in [9.17, 15) is 13.6 Å². The zero-order chi connectivity index (χ0) is 13.3. The molecule has 1 aromatic carbocycles. The van der Waals surface area contributed by atoms with Crippen molar-refractivity contribution in [3.05, 3.63) is 29.3 Å². The van der Waals surface area contributed by atoms with Crippen LogP contribution in [0.25, 0.3) is 0 Å². The van der Waals surface area contributed by atoms with E-state index in [2.05, 4.69) is 0 Å². The summed E-state index contributed by atoms with van der Waals surface area (Å²) in [7, 11) is 1.34. The third-order valence-corrected chi connectivity index (χ3v) is 3.42. The summed E-state index contributed by atoms with van der Waals surface area (Å²) in [5, 5.41) is 8.86. The number of methoxy groups -OCH3 is 1. The molecule has 1 aromatic rings. The van der Waals surface area contributed by atoms with Gasteiger partial charge in [0, 0.05) is 5.41 Å². The van der Waals surface area contributed by atoms with Gasteiger partial charge in [0.2, 0.25) is 0 Å². The van der Waals surface area contributed by atoms with Crippen LogP contribution in [0.1, 0.15) is 36.8 Å². The Morgan fingerprint density at radius 1 is 1.50 bits per heavy atom. The highest BCUT2D eigenvalue weighted by atomic mass is 19.3. The predicted octanol–water partition coefficient (Wildman–Crippen LogP) is 3.14. The van der Waals surface area contributed by atoms with Gasteiger partial charge in [-0.25, -0.2) is 8.78 Å². The molecule has 0 heterocycles. The molecule has 0 saturated heterocycles. The molecule has 3 nitrogen and oxygen atoms in total. The second-order valence-electron chi connectivity index (χ2n) is 4.61. The first-order chi connectivity index (χ1) is 8.48. The van der Waals surface area contributed by atoms with Crippen molar-refractivity contribution in [3.63, 3.8) is 0 Å². The monoisotopic (exact) mass is 256 g/mol. The van der Waals surface area contributed by atoms with E-state index in [4.69, 9.17) is 9.84 Å². The number of carbonyl (C=O) groups is 1. The van der Waals surface area contributed by atoms with Crippen molar-refractivity contribution in [1.82, 2.24) is 0 Å². The number of rotatable bonds is 5. The zero-order valence-corrected chi connectivity index (χ0v) is 9.95. The lowest BCUT2D eigenvalue weighted by molar-refractivity contribution is -0.137. The number of aliphatic carboxylic acids is 1. The van der Waals surface area contributed by atoms with Gasteiger partial charge < -0.3 is 9.84 Å². The topological polar surface area (TPSA) is 46.5 Å². The molecule has 18 heavy (non-hydrogen) atoms. The maximum atomic E-state index is 12.9. The Morgan fingerprint density at radius 3 is 2.61 bits per heavy atom. The van der Waals surface area contributed by atoms with Gasteiger partial charge in [-0.3, -0.25) is 4.79 Å². The van der Waals surface area contributed by atoms with Crippen LogP contribution >= 0.6 is 0 Å². The summed E-state index contributed by atoms with van der Waals surface area (Å²) in [6.45, 7) is 0. The molecule has 0 amide bonds. The van der Waals surface area contributed by atoms with Gasteiger partial charge >= 0.3 is 5.97 Å². The number of hydrogen-bond acceptors (Lipinski definition) is 2. The summed E-state index contributed by atoms with van der Waals surface area (Å²) in [5.74, 6) is -0.762. The Morgan fingerprint density at radius 2 is 2.17 bits per heavy atom. The van der Waals surface area contributed by atoms with Crippen LogP contribution in [0, 0.1) is 0 Å². The molecule has 0 aromatic heterocycles. The largest absolute Gasteiger partial charge is 0.496 e. The van der Waals surface area contributed by atoms with Crippen molar-refractivity contribution in [2.24, 2.45) is 0 Å². The van der Waals surface area contributed by atoms with Crippen LogP contribution in [-0.2, 0) is 10.2 Å². The van der Waals surface area contributed by atoms with Gasteiger partial charge in [0.15, 0.2) is 0 Å². The first-order valence-electron chi connectivity index (χ1n) is 5.67. The summed E-state index contributed by atoms with van der Waals surface area (Å²) in [4.78, 5) is 10.8. The summed E-state index contributed by atoms with van der Waals surface area (Å²) in [6, 6.07) is 4.54.